The molecule has 2 aromatic carbocycles. The number of unbranched alkanes of at least 4 members (excludes halogenated alkanes) is 3. The Bertz CT molecular complexity index is 1110. The topological polar surface area (TPSA) is 88.4 Å². The first-order chi connectivity index (χ1) is 17.1. The van der Waals surface area contributed by atoms with Gasteiger partial charge in [-0.15, -0.1) is 0 Å². The number of hydrogen-bond acceptors (Lipinski definition) is 7. The second-order valence-electron chi connectivity index (χ2n) is 9.26. The van der Waals surface area contributed by atoms with Crippen LogP contribution >= 0.6 is 0 Å². The summed E-state index contributed by atoms with van der Waals surface area (Å²) in [7, 11) is -1.23. The fourth-order valence-electron chi connectivity index (χ4n) is 3.42. The van der Waals surface area contributed by atoms with Crippen molar-refractivity contribution in [2.45, 2.75) is 57.8 Å². The molecule has 0 aliphatic heterocycles. The summed E-state index contributed by atoms with van der Waals surface area (Å²) in [6.07, 6.45) is 4.82. The summed E-state index contributed by atoms with van der Waals surface area (Å²) >= 11 is 0. The molecule has 0 bridgehead atoms. The molecule has 0 spiro atoms. The van der Waals surface area contributed by atoms with Crippen LogP contribution in [0.25, 0.3) is 0 Å². The van der Waals surface area contributed by atoms with Crippen molar-refractivity contribution in [2.24, 2.45) is 16.1 Å². The molecule has 196 valence electrons. The average Bonchev–Trinajstić information content (AvgIpc) is 2.86. The molecule has 0 heterocycles. The molecule has 0 radical (unpaired) electrons. The van der Waals surface area contributed by atoms with E-state index in [9.17, 15) is 13.2 Å². The largest absolute Gasteiger partial charge is 0.462 e. The number of azo groups is 1. The zero-order chi connectivity index (χ0) is 26.6. The lowest BCUT2D eigenvalue weighted by Gasteiger charge is -2.19. The monoisotopic (exact) mass is 513 g/mol. The molecule has 8 heteroatoms. The number of esters is 1. The van der Waals surface area contributed by atoms with Gasteiger partial charge in [0.05, 0.1) is 28.6 Å². The zero-order valence-corrected chi connectivity index (χ0v) is 22.8. The predicted octanol–water partition coefficient (Wildman–Crippen LogP) is 7.04. The van der Waals surface area contributed by atoms with Crippen LogP contribution < -0.4 is 4.90 Å². The molecule has 1 atom stereocenters. The number of anilines is 1. The molecular weight excluding hydrogens is 474 g/mol. The summed E-state index contributed by atoms with van der Waals surface area (Å²) in [6, 6.07) is 14.4. The Balaban J connectivity index is 1.78. The summed E-state index contributed by atoms with van der Waals surface area (Å²) in [4.78, 5) is 13.9. The number of carbonyl (C=O) groups is 1. The fourth-order valence-corrected chi connectivity index (χ4v) is 5.15. The summed E-state index contributed by atoms with van der Waals surface area (Å²) in [5.41, 5.74) is 2.86. The van der Waals surface area contributed by atoms with Crippen molar-refractivity contribution in [3.63, 3.8) is 0 Å². The van der Waals surface area contributed by atoms with Gasteiger partial charge in [0.15, 0.2) is 9.84 Å². The smallest absolute Gasteiger partial charge is 0.333 e. The minimum Gasteiger partial charge on any atom is -0.462 e. The predicted molar refractivity (Wildman–Crippen MR) is 146 cm³/mol. The van der Waals surface area contributed by atoms with E-state index in [1.165, 1.54) is 0 Å². The van der Waals surface area contributed by atoms with Crippen LogP contribution in [0.1, 0.15) is 52.9 Å². The lowest BCUT2D eigenvalue weighted by atomic mass is 10.2. The van der Waals surface area contributed by atoms with Crippen molar-refractivity contribution in [1.29, 1.82) is 0 Å². The van der Waals surface area contributed by atoms with Crippen molar-refractivity contribution in [3.05, 3.63) is 60.7 Å². The molecule has 2 rings (SSSR count). The molecule has 0 aliphatic rings. The van der Waals surface area contributed by atoms with Crippen molar-refractivity contribution < 1.29 is 17.9 Å². The lowest BCUT2D eigenvalue weighted by Crippen LogP contribution is -2.18. The Hall–Kier alpha value is -3.00. The molecule has 0 N–H and O–H groups in total. The molecule has 7 nitrogen and oxygen atoms in total. The minimum atomic E-state index is -3.29. The van der Waals surface area contributed by atoms with E-state index >= 15 is 0 Å². The summed E-state index contributed by atoms with van der Waals surface area (Å²) in [5, 5.41) is 8.51. The van der Waals surface area contributed by atoms with E-state index in [4.69, 9.17) is 4.74 Å². The molecule has 0 aromatic heterocycles. The van der Waals surface area contributed by atoms with E-state index in [-0.39, 0.29) is 17.6 Å². The molecule has 1 unspecified atom stereocenters. The number of ether oxygens (including phenoxy) is 1. The SMILES string of the molecule is C=C(C)C(=O)OCCCCCCN(C)c1ccc(N=Nc2ccc(S(=O)(=O)CC(C)CC)cc2)cc1. The molecule has 36 heavy (non-hydrogen) atoms. The number of hydrogen-bond donors (Lipinski definition) is 0. The van der Waals surface area contributed by atoms with E-state index in [1.807, 2.05) is 38.1 Å². The second-order valence-corrected chi connectivity index (χ2v) is 11.3. The van der Waals surface area contributed by atoms with Crippen LogP contribution in [0.15, 0.2) is 75.8 Å². The third-order valence-electron chi connectivity index (χ3n) is 5.94. The second kappa shape index (κ2) is 14.5. The van der Waals surface area contributed by atoms with Gasteiger partial charge >= 0.3 is 5.97 Å². The summed E-state index contributed by atoms with van der Waals surface area (Å²) in [6.45, 7) is 10.5. The Morgan fingerprint density at radius 3 is 2.08 bits per heavy atom. The molecule has 0 aliphatic carbocycles. The fraction of sp³-hybridized carbons (Fsp3) is 0.464. The highest BCUT2D eigenvalue weighted by Gasteiger charge is 2.17. The molecular formula is C28H39N3O4S. The number of sulfone groups is 1. The van der Waals surface area contributed by atoms with E-state index in [0.29, 0.717) is 22.8 Å². The van der Waals surface area contributed by atoms with Crippen LogP contribution in [0, 0.1) is 5.92 Å². The minimum absolute atomic E-state index is 0.126. The van der Waals surface area contributed by atoms with E-state index in [0.717, 1.165) is 50.0 Å². The van der Waals surface area contributed by atoms with Crippen LogP contribution in [-0.2, 0) is 19.4 Å². The lowest BCUT2D eigenvalue weighted by molar-refractivity contribution is -0.139. The molecule has 0 saturated carbocycles. The number of rotatable bonds is 15. The highest BCUT2D eigenvalue weighted by molar-refractivity contribution is 7.91. The summed E-state index contributed by atoms with van der Waals surface area (Å²) in [5.74, 6) is -0.0436. The van der Waals surface area contributed by atoms with Gasteiger partial charge in [-0.05, 0) is 80.6 Å². The Morgan fingerprint density at radius 2 is 1.53 bits per heavy atom. The van der Waals surface area contributed by atoms with E-state index in [1.54, 1.807) is 31.2 Å². The normalized spacial score (nSPS) is 12.4. The first kappa shape index (κ1) is 29.2. The number of nitrogens with zero attached hydrogens (tertiary/aromatic N) is 3. The van der Waals surface area contributed by atoms with Gasteiger partial charge in [0.1, 0.15) is 0 Å². The van der Waals surface area contributed by atoms with Crippen molar-refractivity contribution in [1.82, 2.24) is 0 Å². The average molecular weight is 514 g/mol. The third kappa shape index (κ3) is 9.93. The van der Waals surface area contributed by atoms with Gasteiger partial charge in [-0.2, -0.15) is 10.2 Å². The third-order valence-corrected chi connectivity index (χ3v) is 7.94. The Kier molecular flexibility index (Phi) is 11.8. The van der Waals surface area contributed by atoms with Crippen LogP contribution in [0.3, 0.4) is 0 Å². The van der Waals surface area contributed by atoms with Crippen LogP contribution in [-0.4, -0.2) is 40.3 Å². The molecule has 0 amide bonds. The summed E-state index contributed by atoms with van der Waals surface area (Å²) < 4.78 is 30.0. The highest BCUT2D eigenvalue weighted by atomic mass is 32.2. The number of carbonyl (C=O) groups excluding carboxylic acids is 1. The molecule has 0 saturated heterocycles. The van der Waals surface area contributed by atoms with Crippen LogP contribution in [0.5, 0.6) is 0 Å². The van der Waals surface area contributed by atoms with Gasteiger partial charge in [-0.25, -0.2) is 13.2 Å². The van der Waals surface area contributed by atoms with Crippen molar-refractivity contribution in [2.75, 3.05) is 30.9 Å². The van der Waals surface area contributed by atoms with Gasteiger partial charge in [-0.1, -0.05) is 33.3 Å². The maximum absolute atomic E-state index is 12.5. The first-order valence-corrected chi connectivity index (χ1v) is 14.2. The van der Waals surface area contributed by atoms with Crippen molar-refractivity contribution >= 4 is 32.9 Å². The van der Waals surface area contributed by atoms with Crippen LogP contribution in [0.4, 0.5) is 17.1 Å². The molecule has 2 aromatic rings. The maximum Gasteiger partial charge on any atom is 0.333 e. The van der Waals surface area contributed by atoms with E-state index < -0.39 is 9.84 Å². The van der Waals surface area contributed by atoms with Gasteiger partial charge in [0.2, 0.25) is 0 Å². The standard InChI is InChI=1S/C28H39N3O4S/c1-6-23(4)21-36(33,34)27-17-13-25(14-18-27)30-29-24-11-15-26(16-12-24)31(5)19-9-7-8-10-20-35-28(32)22(2)3/h11-18,23H,2,6-10,19-21H2,1,3-5H3. The molecule has 0 fully saturated rings. The Labute approximate surface area is 216 Å². The van der Waals surface area contributed by atoms with Gasteiger partial charge in [0, 0.05) is 24.9 Å². The zero-order valence-electron chi connectivity index (χ0n) is 21.9. The van der Waals surface area contributed by atoms with Gasteiger partial charge in [-0.3, -0.25) is 0 Å². The number of benzene rings is 2. The highest BCUT2D eigenvalue weighted by Crippen LogP contribution is 2.24. The Morgan fingerprint density at radius 1 is 0.972 bits per heavy atom. The maximum atomic E-state index is 12.5. The van der Waals surface area contributed by atoms with Crippen molar-refractivity contribution in [3.8, 4) is 0 Å². The first-order valence-electron chi connectivity index (χ1n) is 12.5. The van der Waals surface area contributed by atoms with E-state index in [2.05, 4.69) is 28.8 Å². The van der Waals surface area contributed by atoms with Gasteiger partial charge < -0.3 is 9.64 Å². The van der Waals surface area contributed by atoms with Crippen LogP contribution in [0.2, 0.25) is 0 Å². The quantitative estimate of drug-likeness (QED) is 0.110. The van der Waals surface area contributed by atoms with Gasteiger partial charge in [0.25, 0.3) is 0 Å².